The molecule has 6 aromatic rings. The van der Waals surface area contributed by atoms with Gasteiger partial charge in [0, 0.05) is 16.5 Å². The normalized spacial score (nSPS) is 17.0. The molecule has 7 heteroatoms. The number of esters is 1. The summed E-state index contributed by atoms with van der Waals surface area (Å²) < 4.78 is 6.95. The number of ether oxygens (including phenoxy) is 1. The number of hydrogen-bond acceptors (Lipinski definition) is 5. The fourth-order valence-corrected chi connectivity index (χ4v) is 12.3. The van der Waals surface area contributed by atoms with E-state index in [9.17, 15) is 14.7 Å². The Bertz CT molecular complexity index is 2090. The first-order valence-corrected chi connectivity index (χ1v) is 17.2. The highest BCUT2D eigenvalue weighted by molar-refractivity contribution is 7.20. The summed E-state index contributed by atoms with van der Waals surface area (Å²) in [5.41, 5.74) is 1.63. The van der Waals surface area contributed by atoms with Crippen LogP contribution in [-0.4, -0.2) is 28.7 Å². The molecule has 0 fully saturated rings. The van der Waals surface area contributed by atoms with Crippen LogP contribution in [0.15, 0.2) is 126 Å². The zero-order chi connectivity index (χ0) is 30.8. The monoisotopic (exact) mass is 606 g/mol. The molecule has 2 aliphatic heterocycles. The second-order valence-corrected chi connectivity index (χ2v) is 15.6. The number of aromatic nitrogens is 2. The van der Waals surface area contributed by atoms with Crippen LogP contribution in [-0.2, 0) is 28.3 Å². The Hall–Kier alpha value is -5.11. The molecule has 2 aromatic heterocycles. The highest BCUT2D eigenvalue weighted by Gasteiger charge is 2.46. The van der Waals surface area contributed by atoms with Gasteiger partial charge in [-0.15, -0.1) is 0 Å². The number of cyclic esters (lactones) is 1. The fourth-order valence-electron chi connectivity index (χ4n) is 7.34. The highest BCUT2D eigenvalue weighted by Crippen LogP contribution is 2.38. The van der Waals surface area contributed by atoms with E-state index < -0.39 is 19.6 Å². The first kappa shape index (κ1) is 27.4. The van der Waals surface area contributed by atoms with Crippen molar-refractivity contribution in [3.8, 4) is 11.4 Å². The van der Waals surface area contributed by atoms with Crippen molar-refractivity contribution in [2.24, 2.45) is 0 Å². The minimum absolute atomic E-state index is 0.100. The third kappa shape index (κ3) is 3.87. The molecular weight excluding hydrogens is 577 g/mol. The SMILES string of the molecule is CC[C@@]1(O)C(=O)OCc2c1cc1n(c2=O)Cc2cc3cccc([Si](c4ccccc4)(c4ccccc4)c4ccccc4)c3nc2-1. The Morgan fingerprint density at radius 1 is 0.822 bits per heavy atom. The maximum Gasteiger partial charge on any atom is 0.343 e. The largest absolute Gasteiger partial charge is 0.458 e. The average molecular weight is 607 g/mol. The molecule has 4 heterocycles. The van der Waals surface area contributed by atoms with Crippen LogP contribution in [0.4, 0.5) is 0 Å². The molecule has 2 aliphatic rings. The van der Waals surface area contributed by atoms with E-state index in [4.69, 9.17) is 9.72 Å². The average Bonchev–Trinajstić information content (AvgIpc) is 3.45. The summed E-state index contributed by atoms with van der Waals surface area (Å²) in [5, 5.41) is 17.3. The second-order valence-electron chi connectivity index (χ2n) is 11.8. The van der Waals surface area contributed by atoms with Crippen LogP contribution in [0.1, 0.15) is 30.0 Å². The number of aliphatic hydroxyl groups is 1. The molecule has 0 saturated heterocycles. The molecule has 1 N–H and O–H groups in total. The minimum atomic E-state index is -2.89. The van der Waals surface area contributed by atoms with Crippen molar-refractivity contribution < 1.29 is 14.6 Å². The number of fused-ring (bicyclic) bond motifs is 5. The van der Waals surface area contributed by atoms with Gasteiger partial charge in [-0.3, -0.25) is 4.79 Å². The molecule has 8 rings (SSSR count). The van der Waals surface area contributed by atoms with Gasteiger partial charge in [-0.2, -0.15) is 0 Å². The van der Waals surface area contributed by atoms with Gasteiger partial charge in [-0.1, -0.05) is 116 Å². The summed E-state index contributed by atoms with van der Waals surface area (Å²) in [6.45, 7) is 1.93. The second kappa shape index (κ2) is 10.2. The van der Waals surface area contributed by atoms with Gasteiger partial charge in [0.2, 0.25) is 0 Å². The summed E-state index contributed by atoms with van der Waals surface area (Å²) in [6, 6.07) is 42.5. The number of rotatable bonds is 5. The minimum Gasteiger partial charge on any atom is -0.458 e. The molecule has 0 spiro atoms. The van der Waals surface area contributed by atoms with Crippen molar-refractivity contribution in [3.63, 3.8) is 0 Å². The molecule has 4 aromatic carbocycles. The van der Waals surface area contributed by atoms with Gasteiger partial charge in [0.05, 0.1) is 29.0 Å². The van der Waals surface area contributed by atoms with Gasteiger partial charge in [0.25, 0.3) is 5.56 Å². The molecule has 6 nitrogen and oxygen atoms in total. The van der Waals surface area contributed by atoms with Gasteiger partial charge < -0.3 is 14.4 Å². The molecule has 1 atom stereocenters. The number of hydrogen-bond donors (Lipinski definition) is 1. The molecular formula is C38H30N2O4Si. The number of benzene rings is 4. The lowest BCUT2D eigenvalue weighted by molar-refractivity contribution is -0.172. The lowest BCUT2D eigenvalue weighted by Gasteiger charge is -2.35. The molecule has 0 bridgehead atoms. The van der Waals surface area contributed by atoms with Gasteiger partial charge >= 0.3 is 5.97 Å². The molecule has 220 valence electrons. The van der Waals surface area contributed by atoms with Crippen molar-refractivity contribution in [1.29, 1.82) is 0 Å². The molecule has 0 saturated carbocycles. The third-order valence-corrected chi connectivity index (χ3v) is 14.4. The van der Waals surface area contributed by atoms with E-state index in [0.717, 1.165) is 21.7 Å². The number of para-hydroxylation sites is 1. The fraction of sp³-hybridized carbons (Fsp3) is 0.132. The van der Waals surface area contributed by atoms with Crippen LogP contribution in [0.2, 0.25) is 0 Å². The topological polar surface area (TPSA) is 81.4 Å². The van der Waals surface area contributed by atoms with Crippen LogP contribution in [0.3, 0.4) is 0 Å². The van der Waals surface area contributed by atoms with Crippen LogP contribution in [0.25, 0.3) is 22.3 Å². The first-order valence-electron chi connectivity index (χ1n) is 15.2. The number of carbonyl (C=O) groups excluding carboxylic acids is 1. The Kier molecular flexibility index (Phi) is 6.23. The molecule has 0 unspecified atom stereocenters. The van der Waals surface area contributed by atoms with Crippen LogP contribution >= 0.6 is 0 Å². The highest BCUT2D eigenvalue weighted by atomic mass is 28.3. The quantitative estimate of drug-likeness (QED) is 0.185. The summed E-state index contributed by atoms with van der Waals surface area (Å²) in [5.74, 6) is -0.724. The lowest BCUT2D eigenvalue weighted by atomic mass is 9.86. The van der Waals surface area contributed by atoms with E-state index in [-0.39, 0.29) is 18.6 Å². The number of nitrogens with zero attached hydrogens (tertiary/aromatic N) is 2. The van der Waals surface area contributed by atoms with Crippen molar-refractivity contribution in [1.82, 2.24) is 9.55 Å². The summed E-state index contributed by atoms with van der Waals surface area (Å²) in [6.07, 6.45) is 0.100. The van der Waals surface area contributed by atoms with Gasteiger partial charge in [-0.05, 0) is 39.3 Å². The molecule has 0 radical (unpaired) electrons. The van der Waals surface area contributed by atoms with Gasteiger partial charge in [0.1, 0.15) is 6.61 Å². The number of pyridine rings is 2. The first-order chi connectivity index (χ1) is 22.0. The Morgan fingerprint density at radius 3 is 2.00 bits per heavy atom. The summed E-state index contributed by atoms with van der Waals surface area (Å²) in [7, 11) is -2.89. The van der Waals surface area contributed by atoms with Crippen molar-refractivity contribution >= 4 is 45.7 Å². The third-order valence-electron chi connectivity index (χ3n) is 9.56. The predicted molar refractivity (Wildman–Crippen MR) is 178 cm³/mol. The Morgan fingerprint density at radius 2 is 1.42 bits per heavy atom. The Labute approximate surface area is 261 Å². The van der Waals surface area contributed by atoms with E-state index in [1.165, 1.54) is 15.6 Å². The summed E-state index contributed by atoms with van der Waals surface area (Å²) >= 11 is 0. The van der Waals surface area contributed by atoms with Gasteiger partial charge in [-0.25, -0.2) is 9.78 Å². The van der Waals surface area contributed by atoms with Crippen molar-refractivity contribution in [2.45, 2.75) is 32.1 Å². The molecule has 0 amide bonds. The van der Waals surface area contributed by atoms with Crippen LogP contribution in [0.5, 0.6) is 0 Å². The lowest BCUT2D eigenvalue weighted by Crippen LogP contribution is -2.75. The molecule has 45 heavy (non-hydrogen) atoms. The maximum atomic E-state index is 13.8. The van der Waals surface area contributed by atoms with E-state index in [1.807, 2.05) is 0 Å². The van der Waals surface area contributed by atoms with E-state index >= 15 is 0 Å². The van der Waals surface area contributed by atoms with Crippen molar-refractivity contribution in [3.05, 3.63) is 148 Å². The van der Waals surface area contributed by atoms with Gasteiger partial charge in [0.15, 0.2) is 13.7 Å². The standard InChI is InChI=1S/C38H30N2O4Si/c1-2-38(43)31-22-32-34-26(23-40(32)36(41)30(31)24-44-37(38)42)21-25-13-12-20-33(35(25)39-34)45(27-14-6-3-7-15-27,28-16-8-4-9-17-28)29-18-10-5-11-19-29/h3-22,43H,2,23-24H2,1H3/t38-/m0/s1. The predicted octanol–water partition coefficient (Wildman–Crippen LogP) is 3.46. The zero-order valence-electron chi connectivity index (χ0n) is 24.7. The smallest absolute Gasteiger partial charge is 0.343 e. The van der Waals surface area contributed by atoms with E-state index in [2.05, 4.69) is 115 Å². The van der Waals surface area contributed by atoms with E-state index in [1.54, 1.807) is 17.6 Å². The van der Waals surface area contributed by atoms with E-state index in [0.29, 0.717) is 29.1 Å². The van der Waals surface area contributed by atoms with Crippen LogP contribution in [0, 0.1) is 0 Å². The molecule has 0 aliphatic carbocycles. The van der Waals surface area contributed by atoms with Crippen molar-refractivity contribution in [2.75, 3.05) is 0 Å². The number of carbonyl (C=O) groups is 1. The zero-order valence-corrected chi connectivity index (χ0v) is 25.7. The maximum absolute atomic E-state index is 13.8. The summed E-state index contributed by atoms with van der Waals surface area (Å²) in [4.78, 5) is 31.9. The van der Waals surface area contributed by atoms with Crippen LogP contribution < -0.4 is 26.3 Å². The Balaban J connectivity index is 1.45.